The second-order valence-corrected chi connectivity index (χ2v) is 6.21. The molecule has 0 aromatic heterocycles. The first-order valence-corrected chi connectivity index (χ1v) is 7.80. The largest absolute Gasteiger partial charge is 0.327 e. The molecule has 0 fully saturated rings. The monoisotopic (exact) mass is 241 g/mol. The Morgan fingerprint density at radius 3 is 1.76 bits per heavy atom. The standard InChI is InChI=1S/C16H35N/c1-5-7-8-9-10-11-12-13-14-15(17)16(3,4)6-2/h15H,5-14,17H2,1-4H3. The van der Waals surface area contributed by atoms with Gasteiger partial charge in [0.15, 0.2) is 0 Å². The van der Waals surface area contributed by atoms with Crippen LogP contribution < -0.4 is 5.73 Å². The first kappa shape index (κ1) is 17.0. The molecular formula is C16H35N. The van der Waals surface area contributed by atoms with E-state index >= 15 is 0 Å². The third-order valence-electron chi connectivity index (χ3n) is 4.28. The highest BCUT2D eigenvalue weighted by Crippen LogP contribution is 2.26. The maximum absolute atomic E-state index is 6.24. The van der Waals surface area contributed by atoms with Gasteiger partial charge in [-0.3, -0.25) is 0 Å². The van der Waals surface area contributed by atoms with E-state index in [-0.39, 0.29) is 0 Å². The maximum Gasteiger partial charge on any atom is 0.00901 e. The summed E-state index contributed by atoms with van der Waals surface area (Å²) >= 11 is 0. The van der Waals surface area contributed by atoms with E-state index in [9.17, 15) is 0 Å². The zero-order valence-corrected chi connectivity index (χ0v) is 12.7. The SMILES string of the molecule is CCCCCCCCCCC(N)C(C)(C)CC. The van der Waals surface area contributed by atoms with Crippen LogP contribution in [0.5, 0.6) is 0 Å². The lowest BCUT2D eigenvalue weighted by Crippen LogP contribution is -2.36. The first-order valence-electron chi connectivity index (χ1n) is 7.80. The van der Waals surface area contributed by atoms with Crippen LogP contribution >= 0.6 is 0 Å². The Hall–Kier alpha value is -0.0400. The second kappa shape index (κ2) is 9.94. The number of unbranched alkanes of at least 4 members (excludes halogenated alkanes) is 7. The molecule has 0 heterocycles. The molecular weight excluding hydrogens is 206 g/mol. The summed E-state index contributed by atoms with van der Waals surface area (Å²) in [5.74, 6) is 0. The molecule has 17 heavy (non-hydrogen) atoms. The van der Waals surface area contributed by atoms with Crippen LogP contribution in [-0.4, -0.2) is 6.04 Å². The molecule has 2 N–H and O–H groups in total. The first-order chi connectivity index (χ1) is 8.04. The molecule has 1 nitrogen and oxygen atoms in total. The van der Waals surface area contributed by atoms with Crippen molar-refractivity contribution in [2.45, 2.75) is 97.9 Å². The fourth-order valence-electron chi connectivity index (χ4n) is 2.15. The summed E-state index contributed by atoms with van der Waals surface area (Å²) in [6, 6.07) is 0.382. The van der Waals surface area contributed by atoms with Gasteiger partial charge in [-0.05, 0) is 18.3 Å². The van der Waals surface area contributed by atoms with Gasteiger partial charge in [0.1, 0.15) is 0 Å². The lowest BCUT2D eigenvalue weighted by molar-refractivity contribution is 0.257. The van der Waals surface area contributed by atoms with Gasteiger partial charge in [0, 0.05) is 6.04 Å². The summed E-state index contributed by atoms with van der Waals surface area (Å²) in [4.78, 5) is 0. The van der Waals surface area contributed by atoms with Crippen LogP contribution in [-0.2, 0) is 0 Å². The lowest BCUT2D eigenvalue weighted by atomic mass is 9.80. The van der Waals surface area contributed by atoms with Crippen molar-refractivity contribution in [3.05, 3.63) is 0 Å². The quantitative estimate of drug-likeness (QED) is 0.489. The third kappa shape index (κ3) is 8.65. The molecule has 0 saturated heterocycles. The fourth-order valence-corrected chi connectivity index (χ4v) is 2.15. The van der Waals surface area contributed by atoms with Crippen molar-refractivity contribution in [1.29, 1.82) is 0 Å². The summed E-state index contributed by atoms with van der Waals surface area (Å²) in [5, 5.41) is 0. The normalized spacial score (nSPS) is 13.9. The summed E-state index contributed by atoms with van der Waals surface area (Å²) < 4.78 is 0. The second-order valence-electron chi connectivity index (χ2n) is 6.21. The molecule has 0 spiro atoms. The van der Waals surface area contributed by atoms with E-state index in [1.165, 1.54) is 64.2 Å². The molecule has 0 rings (SSSR count). The minimum atomic E-state index is 0.321. The van der Waals surface area contributed by atoms with E-state index in [1.807, 2.05) is 0 Å². The van der Waals surface area contributed by atoms with Gasteiger partial charge in [-0.15, -0.1) is 0 Å². The van der Waals surface area contributed by atoms with Gasteiger partial charge in [0.25, 0.3) is 0 Å². The van der Waals surface area contributed by atoms with Crippen LogP contribution in [0.1, 0.15) is 91.9 Å². The van der Waals surface area contributed by atoms with Crippen LogP contribution in [0.15, 0.2) is 0 Å². The van der Waals surface area contributed by atoms with E-state index < -0.39 is 0 Å². The minimum Gasteiger partial charge on any atom is -0.327 e. The van der Waals surface area contributed by atoms with Crippen molar-refractivity contribution >= 4 is 0 Å². The van der Waals surface area contributed by atoms with Gasteiger partial charge < -0.3 is 5.73 Å². The van der Waals surface area contributed by atoms with Gasteiger partial charge in [0.05, 0.1) is 0 Å². The summed E-state index contributed by atoms with van der Waals surface area (Å²) in [6.45, 7) is 9.11. The molecule has 0 aromatic carbocycles. The van der Waals surface area contributed by atoms with Crippen LogP contribution in [0.4, 0.5) is 0 Å². The molecule has 0 aliphatic heterocycles. The van der Waals surface area contributed by atoms with Crippen molar-refractivity contribution in [3.63, 3.8) is 0 Å². The Morgan fingerprint density at radius 1 is 0.824 bits per heavy atom. The fraction of sp³-hybridized carbons (Fsp3) is 1.00. The van der Waals surface area contributed by atoms with Crippen LogP contribution in [0, 0.1) is 5.41 Å². The van der Waals surface area contributed by atoms with Gasteiger partial charge in [-0.2, -0.15) is 0 Å². The smallest absolute Gasteiger partial charge is 0.00901 e. The summed E-state index contributed by atoms with van der Waals surface area (Å²) in [5.41, 5.74) is 6.56. The van der Waals surface area contributed by atoms with Crippen molar-refractivity contribution in [2.24, 2.45) is 11.1 Å². The number of hydrogen-bond donors (Lipinski definition) is 1. The summed E-state index contributed by atoms with van der Waals surface area (Å²) in [6.07, 6.45) is 13.5. The number of rotatable bonds is 11. The molecule has 1 atom stereocenters. The van der Waals surface area contributed by atoms with Gasteiger partial charge in [-0.1, -0.05) is 79.1 Å². The van der Waals surface area contributed by atoms with Crippen molar-refractivity contribution in [3.8, 4) is 0 Å². The Kier molecular flexibility index (Phi) is 9.91. The summed E-state index contributed by atoms with van der Waals surface area (Å²) in [7, 11) is 0. The van der Waals surface area contributed by atoms with E-state index in [4.69, 9.17) is 5.73 Å². The Bertz CT molecular complexity index is 163. The van der Waals surface area contributed by atoms with E-state index in [2.05, 4.69) is 27.7 Å². The average Bonchev–Trinajstić information content (AvgIpc) is 2.32. The molecule has 1 unspecified atom stereocenters. The molecule has 0 amide bonds. The Labute approximate surface area is 110 Å². The highest BCUT2D eigenvalue weighted by Gasteiger charge is 2.23. The number of hydrogen-bond acceptors (Lipinski definition) is 1. The highest BCUT2D eigenvalue weighted by atomic mass is 14.7. The zero-order valence-electron chi connectivity index (χ0n) is 12.7. The predicted octanol–water partition coefficient (Wildman–Crippen LogP) is 5.28. The topological polar surface area (TPSA) is 26.0 Å². The molecule has 0 bridgehead atoms. The van der Waals surface area contributed by atoms with Crippen LogP contribution in [0.25, 0.3) is 0 Å². The van der Waals surface area contributed by atoms with Crippen molar-refractivity contribution < 1.29 is 0 Å². The lowest BCUT2D eigenvalue weighted by Gasteiger charge is -2.30. The van der Waals surface area contributed by atoms with Gasteiger partial charge in [0.2, 0.25) is 0 Å². The minimum absolute atomic E-state index is 0.321. The van der Waals surface area contributed by atoms with Crippen LogP contribution in [0.3, 0.4) is 0 Å². The van der Waals surface area contributed by atoms with Crippen molar-refractivity contribution in [1.82, 2.24) is 0 Å². The molecule has 0 aromatic rings. The van der Waals surface area contributed by atoms with E-state index in [0.29, 0.717) is 11.5 Å². The molecule has 0 aliphatic carbocycles. The van der Waals surface area contributed by atoms with Crippen LogP contribution in [0.2, 0.25) is 0 Å². The predicted molar refractivity (Wildman–Crippen MR) is 79.3 cm³/mol. The average molecular weight is 241 g/mol. The highest BCUT2D eigenvalue weighted by molar-refractivity contribution is 4.79. The third-order valence-corrected chi connectivity index (χ3v) is 4.28. The molecule has 0 aliphatic rings. The van der Waals surface area contributed by atoms with Gasteiger partial charge in [-0.25, -0.2) is 0 Å². The molecule has 0 radical (unpaired) electrons. The molecule has 0 saturated carbocycles. The Morgan fingerprint density at radius 2 is 1.29 bits per heavy atom. The maximum atomic E-state index is 6.24. The van der Waals surface area contributed by atoms with E-state index in [0.717, 1.165) is 0 Å². The van der Waals surface area contributed by atoms with Gasteiger partial charge >= 0.3 is 0 Å². The van der Waals surface area contributed by atoms with E-state index in [1.54, 1.807) is 0 Å². The number of nitrogens with two attached hydrogens (primary N) is 1. The Balaban J connectivity index is 3.34. The van der Waals surface area contributed by atoms with Crippen molar-refractivity contribution in [2.75, 3.05) is 0 Å². The molecule has 104 valence electrons. The zero-order chi connectivity index (χ0) is 13.1. The molecule has 1 heteroatoms.